The summed E-state index contributed by atoms with van der Waals surface area (Å²) < 4.78 is 0. The second kappa shape index (κ2) is 6.58. The maximum absolute atomic E-state index is 6.20. The van der Waals surface area contributed by atoms with Gasteiger partial charge >= 0.3 is 0 Å². The van der Waals surface area contributed by atoms with Gasteiger partial charge in [-0.05, 0) is 35.1 Å². The van der Waals surface area contributed by atoms with Crippen LogP contribution in [0.4, 0.5) is 0 Å². The highest BCUT2D eigenvalue weighted by atomic mass is 79.9. The molecule has 1 atom stereocenters. The van der Waals surface area contributed by atoms with Crippen LogP contribution in [0, 0.1) is 0 Å². The third-order valence-electron chi connectivity index (χ3n) is 3.32. The molecule has 0 aliphatic heterocycles. The first-order valence-electron chi connectivity index (χ1n) is 6.55. The van der Waals surface area contributed by atoms with Crippen molar-refractivity contribution in [3.8, 4) is 0 Å². The van der Waals surface area contributed by atoms with Crippen LogP contribution in [-0.4, -0.2) is 0 Å². The number of benzene rings is 2. The van der Waals surface area contributed by atoms with Crippen molar-refractivity contribution >= 4 is 27.5 Å². The van der Waals surface area contributed by atoms with Crippen LogP contribution >= 0.6 is 27.5 Å². The average molecular weight is 338 g/mol. The molecule has 2 heteroatoms. The van der Waals surface area contributed by atoms with Gasteiger partial charge in [-0.1, -0.05) is 83.8 Å². The lowest BCUT2D eigenvalue weighted by atomic mass is 9.99. The number of alkyl halides is 1. The third-order valence-corrected chi connectivity index (χ3v) is 4.54. The Bertz CT molecular complexity index is 531. The van der Waals surface area contributed by atoms with E-state index in [0.29, 0.717) is 10.7 Å². The van der Waals surface area contributed by atoms with E-state index in [1.807, 2.05) is 18.2 Å². The number of hydrogen-bond acceptors (Lipinski definition) is 0. The Morgan fingerprint density at radius 2 is 1.53 bits per heavy atom. The molecule has 0 heterocycles. The average Bonchev–Trinajstić information content (AvgIpc) is 2.41. The Morgan fingerprint density at radius 1 is 0.947 bits per heavy atom. The maximum atomic E-state index is 6.20. The Kier molecular flexibility index (Phi) is 5.06. The van der Waals surface area contributed by atoms with E-state index in [-0.39, 0.29) is 0 Å². The van der Waals surface area contributed by atoms with Gasteiger partial charge in [0.25, 0.3) is 0 Å². The van der Waals surface area contributed by atoms with Gasteiger partial charge in [0.2, 0.25) is 0 Å². The molecule has 100 valence electrons. The summed E-state index contributed by atoms with van der Waals surface area (Å²) in [5, 5.41) is 0.839. The highest BCUT2D eigenvalue weighted by molar-refractivity contribution is 9.09. The molecule has 0 fully saturated rings. The Labute approximate surface area is 128 Å². The van der Waals surface area contributed by atoms with Gasteiger partial charge in [-0.3, -0.25) is 0 Å². The summed E-state index contributed by atoms with van der Waals surface area (Å²) in [5.41, 5.74) is 3.85. The van der Waals surface area contributed by atoms with E-state index in [0.717, 1.165) is 11.4 Å². The minimum Gasteiger partial charge on any atom is -0.0840 e. The van der Waals surface area contributed by atoms with Crippen LogP contribution in [0.15, 0.2) is 48.5 Å². The van der Waals surface area contributed by atoms with Crippen molar-refractivity contribution in [3.05, 3.63) is 70.2 Å². The molecule has 2 aromatic carbocycles. The van der Waals surface area contributed by atoms with Crippen molar-refractivity contribution in [2.45, 2.75) is 31.0 Å². The first-order valence-corrected chi connectivity index (χ1v) is 7.84. The fraction of sp³-hybridized carbons (Fsp3) is 0.294. The molecular formula is C17H18BrCl. The topological polar surface area (TPSA) is 0 Å². The predicted molar refractivity (Wildman–Crippen MR) is 87.4 cm³/mol. The van der Waals surface area contributed by atoms with Gasteiger partial charge in [-0.15, -0.1) is 0 Å². The Morgan fingerprint density at radius 3 is 2.11 bits per heavy atom. The molecule has 0 radical (unpaired) electrons. The van der Waals surface area contributed by atoms with Crippen LogP contribution in [0.25, 0.3) is 0 Å². The minimum absolute atomic E-state index is 0.300. The molecule has 0 aliphatic carbocycles. The number of hydrogen-bond donors (Lipinski definition) is 0. The number of halogens is 2. The molecule has 0 bridgehead atoms. The van der Waals surface area contributed by atoms with Gasteiger partial charge < -0.3 is 0 Å². The molecule has 0 saturated carbocycles. The second-order valence-corrected chi connectivity index (χ2v) is 6.60. The van der Waals surface area contributed by atoms with Crippen molar-refractivity contribution in [1.82, 2.24) is 0 Å². The first kappa shape index (κ1) is 14.6. The molecule has 1 unspecified atom stereocenters. The molecule has 0 spiro atoms. The van der Waals surface area contributed by atoms with Gasteiger partial charge in [0.05, 0.1) is 0 Å². The number of rotatable bonds is 4. The lowest BCUT2D eigenvalue weighted by Gasteiger charge is -2.13. The summed E-state index contributed by atoms with van der Waals surface area (Å²) in [4.78, 5) is 0.300. The van der Waals surface area contributed by atoms with Crippen molar-refractivity contribution in [3.63, 3.8) is 0 Å². The minimum atomic E-state index is 0.300. The van der Waals surface area contributed by atoms with E-state index < -0.39 is 0 Å². The molecule has 2 rings (SSSR count). The van der Waals surface area contributed by atoms with E-state index >= 15 is 0 Å². The molecule has 0 nitrogen and oxygen atoms in total. The van der Waals surface area contributed by atoms with Crippen LogP contribution in [0.3, 0.4) is 0 Å². The third kappa shape index (κ3) is 3.84. The summed E-state index contributed by atoms with van der Waals surface area (Å²) in [6.07, 6.45) is 0.903. The van der Waals surface area contributed by atoms with Crippen LogP contribution in [0.1, 0.15) is 41.3 Å². The van der Waals surface area contributed by atoms with Crippen LogP contribution in [0.5, 0.6) is 0 Å². The van der Waals surface area contributed by atoms with Gasteiger partial charge in [0.1, 0.15) is 0 Å². The summed E-state index contributed by atoms with van der Waals surface area (Å²) >= 11 is 9.96. The summed E-state index contributed by atoms with van der Waals surface area (Å²) in [7, 11) is 0. The highest BCUT2D eigenvalue weighted by Gasteiger charge is 2.11. The smallest absolute Gasteiger partial charge is 0.0438 e. The van der Waals surface area contributed by atoms with E-state index in [2.05, 4.69) is 60.1 Å². The van der Waals surface area contributed by atoms with Gasteiger partial charge in [-0.25, -0.2) is 0 Å². The Hall–Kier alpha value is -0.790. The summed E-state index contributed by atoms with van der Waals surface area (Å²) in [6, 6.07) is 16.8. The second-order valence-electron chi connectivity index (χ2n) is 5.08. The van der Waals surface area contributed by atoms with Crippen molar-refractivity contribution < 1.29 is 0 Å². The fourth-order valence-electron chi connectivity index (χ4n) is 2.06. The van der Waals surface area contributed by atoms with E-state index in [9.17, 15) is 0 Å². The zero-order chi connectivity index (χ0) is 13.8. The zero-order valence-corrected chi connectivity index (χ0v) is 13.6. The molecule has 0 aromatic heterocycles. The van der Waals surface area contributed by atoms with E-state index in [1.54, 1.807) is 0 Å². The monoisotopic (exact) mass is 336 g/mol. The standard InChI is InChI=1S/C17H18BrCl/c1-12(2)13-7-9-14(10-8-13)16(18)11-15-5-3-4-6-17(15)19/h3-10,12,16H,11H2,1-2H3. The van der Waals surface area contributed by atoms with Crippen LogP contribution in [-0.2, 0) is 6.42 Å². The van der Waals surface area contributed by atoms with Gasteiger partial charge in [0.15, 0.2) is 0 Å². The summed E-state index contributed by atoms with van der Waals surface area (Å²) in [6.45, 7) is 4.43. The lowest BCUT2D eigenvalue weighted by molar-refractivity contribution is 0.862. The molecule has 0 N–H and O–H groups in total. The molecular weight excluding hydrogens is 320 g/mol. The van der Waals surface area contributed by atoms with Crippen molar-refractivity contribution in [2.24, 2.45) is 0 Å². The normalized spacial score (nSPS) is 12.7. The Balaban J connectivity index is 2.12. The maximum Gasteiger partial charge on any atom is 0.0438 e. The quantitative estimate of drug-likeness (QED) is 0.588. The fourth-order valence-corrected chi connectivity index (χ4v) is 2.93. The largest absolute Gasteiger partial charge is 0.0840 e. The zero-order valence-electron chi connectivity index (χ0n) is 11.2. The van der Waals surface area contributed by atoms with E-state index in [4.69, 9.17) is 11.6 Å². The van der Waals surface area contributed by atoms with Crippen LogP contribution in [0.2, 0.25) is 5.02 Å². The SMILES string of the molecule is CC(C)c1ccc(C(Br)Cc2ccccc2Cl)cc1. The summed E-state index contributed by atoms with van der Waals surface area (Å²) in [5.74, 6) is 0.575. The molecule has 0 amide bonds. The molecule has 2 aromatic rings. The van der Waals surface area contributed by atoms with Crippen molar-refractivity contribution in [2.75, 3.05) is 0 Å². The highest BCUT2D eigenvalue weighted by Crippen LogP contribution is 2.30. The first-order chi connectivity index (χ1) is 9.08. The molecule has 19 heavy (non-hydrogen) atoms. The lowest BCUT2D eigenvalue weighted by Crippen LogP contribution is -1.97. The molecule has 0 aliphatic rings. The molecule has 0 saturated heterocycles. The van der Waals surface area contributed by atoms with Crippen molar-refractivity contribution in [1.29, 1.82) is 0 Å². The van der Waals surface area contributed by atoms with Crippen LogP contribution < -0.4 is 0 Å². The van der Waals surface area contributed by atoms with E-state index in [1.165, 1.54) is 16.7 Å². The van der Waals surface area contributed by atoms with Gasteiger partial charge in [0, 0.05) is 9.85 Å². The predicted octanol–water partition coefficient (Wildman–Crippen LogP) is 6.14. The van der Waals surface area contributed by atoms with Gasteiger partial charge in [-0.2, -0.15) is 0 Å².